The van der Waals surface area contributed by atoms with Crippen LogP contribution in [0.4, 0.5) is 0 Å². The average Bonchev–Trinajstić information content (AvgIpc) is 3.01. The van der Waals surface area contributed by atoms with Gasteiger partial charge in [0, 0.05) is 25.5 Å². The minimum absolute atomic E-state index is 0.494. The van der Waals surface area contributed by atoms with Gasteiger partial charge in [-0.2, -0.15) is 0 Å². The van der Waals surface area contributed by atoms with Gasteiger partial charge in [0.25, 0.3) is 0 Å². The molecular formula is C18H27N5. The van der Waals surface area contributed by atoms with Crippen molar-refractivity contribution < 1.29 is 0 Å². The number of hydrogen-bond donors (Lipinski definition) is 2. The van der Waals surface area contributed by atoms with E-state index in [9.17, 15) is 0 Å². The Hall–Kier alpha value is -2.30. The highest BCUT2D eigenvalue weighted by atomic mass is 15.1. The maximum atomic E-state index is 5.91. The van der Waals surface area contributed by atoms with E-state index in [0.29, 0.717) is 12.5 Å². The molecular weight excluding hydrogens is 286 g/mol. The first-order valence-electron chi connectivity index (χ1n) is 8.37. The van der Waals surface area contributed by atoms with Crippen LogP contribution in [0.15, 0.2) is 47.7 Å². The van der Waals surface area contributed by atoms with Gasteiger partial charge in [0.1, 0.15) is 12.4 Å². The lowest BCUT2D eigenvalue weighted by atomic mass is 10.2. The number of guanidine groups is 1. The molecule has 5 nitrogen and oxygen atoms in total. The molecule has 5 heteroatoms. The molecule has 2 rings (SSSR count). The Bertz CT molecular complexity index is 588. The van der Waals surface area contributed by atoms with Gasteiger partial charge in [-0.05, 0) is 12.0 Å². The number of unbranched alkanes of at least 4 members (excludes halogenated alkanes) is 3. The quantitative estimate of drug-likeness (QED) is 0.425. The fraction of sp³-hybridized carbons (Fsp3) is 0.444. The van der Waals surface area contributed by atoms with Crippen LogP contribution < -0.4 is 11.1 Å². The van der Waals surface area contributed by atoms with Crippen molar-refractivity contribution in [3.05, 3.63) is 54.1 Å². The van der Waals surface area contributed by atoms with Crippen LogP contribution in [0.25, 0.3) is 0 Å². The second-order valence-electron chi connectivity index (χ2n) is 5.65. The first kappa shape index (κ1) is 17.1. The lowest BCUT2D eigenvalue weighted by Crippen LogP contribution is -2.32. The zero-order valence-electron chi connectivity index (χ0n) is 13.9. The van der Waals surface area contributed by atoms with Gasteiger partial charge < -0.3 is 15.6 Å². The Balaban J connectivity index is 1.81. The smallest absolute Gasteiger partial charge is 0.189 e. The maximum Gasteiger partial charge on any atom is 0.189 e. The number of nitrogens with one attached hydrogen (secondary N) is 1. The van der Waals surface area contributed by atoms with Crippen LogP contribution in [-0.2, 0) is 13.1 Å². The van der Waals surface area contributed by atoms with Crippen LogP contribution in [0.5, 0.6) is 0 Å². The molecule has 0 saturated carbocycles. The molecule has 0 amide bonds. The number of aliphatic imine (C=N–C) groups is 1. The van der Waals surface area contributed by atoms with Crippen LogP contribution in [0.3, 0.4) is 0 Å². The monoisotopic (exact) mass is 313 g/mol. The lowest BCUT2D eigenvalue weighted by molar-refractivity contribution is 0.651. The van der Waals surface area contributed by atoms with Crippen molar-refractivity contribution in [2.75, 3.05) is 6.54 Å². The summed E-state index contributed by atoms with van der Waals surface area (Å²) < 4.78 is 2.10. The third kappa shape index (κ3) is 6.14. The van der Waals surface area contributed by atoms with E-state index in [2.05, 4.69) is 38.9 Å². The van der Waals surface area contributed by atoms with Crippen LogP contribution in [0.2, 0.25) is 0 Å². The number of rotatable bonds is 9. The maximum absolute atomic E-state index is 5.91. The summed E-state index contributed by atoms with van der Waals surface area (Å²) in [4.78, 5) is 8.76. The van der Waals surface area contributed by atoms with E-state index in [1.165, 1.54) is 24.8 Å². The average molecular weight is 313 g/mol. The Labute approximate surface area is 138 Å². The number of hydrogen-bond acceptors (Lipinski definition) is 2. The van der Waals surface area contributed by atoms with E-state index < -0.39 is 0 Å². The summed E-state index contributed by atoms with van der Waals surface area (Å²) in [6.45, 7) is 4.39. The van der Waals surface area contributed by atoms with Crippen molar-refractivity contribution in [1.82, 2.24) is 14.9 Å². The first-order valence-corrected chi connectivity index (χ1v) is 8.37. The first-order chi connectivity index (χ1) is 11.3. The number of nitrogens with zero attached hydrogens (tertiary/aromatic N) is 3. The standard InChI is InChI=1S/C18H27N5/c1-2-3-4-8-11-21-18(19)22-14-17-20-12-13-23(17)15-16-9-6-5-7-10-16/h5-7,9-10,12-13H,2-4,8,11,14-15H2,1H3,(H3,19,21,22). The molecule has 1 aromatic carbocycles. The number of imidazole rings is 1. The van der Waals surface area contributed by atoms with Gasteiger partial charge in [0.15, 0.2) is 5.96 Å². The number of benzene rings is 1. The second-order valence-corrected chi connectivity index (χ2v) is 5.65. The fourth-order valence-electron chi connectivity index (χ4n) is 2.40. The Morgan fingerprint density at radius 3 is 2.83 bits per heavy atom. The van der Waals surface area contributed by atoms with Crippen LogP contribution in [0, 0.1) is 0 Å². The van der Waals surface area contributed by atoms with Gasteiger partial charge in [-0.3, -0.25) is 0 Å². The molecule has 2 aromatic rings. The predicted octanol–water partition coefficient (Wildman–Crippen LogP) is 2.92. The molecule has 0 aliphatic rings. The van der Waals surface area contributed by atoms with Gasteiger partial charge >= 0.3 is 0 Å². The Morgan fingerprint density at radius 1 is 1.22 bits per heavy atom. The van der Waals surface area contributed by atoms with Gasteiger partial charge in [-0.1, -0.05) is 56.5 Å². The Kier molecular flexibility index (Phi) is 7.17. The normalized spacial score (nSPS) is 11.6. The summed E-state index contributed by atoms with van der Waals surface area (Å²) in [5.41, 5.74) is 7.16. The van der Waals surface area contributed by atoms with Crippen molar-refractivity contribution in [2.24, 2.45) is 10.7 Å². The number of aromatic nitrogens is 2. The van der Waals surface area contributed by atoms with Crippen molar-refractivity contribution in [3.8, 4) is 0 Å². The molecule has 0 spiro atoms. The van der Waals surface area contributed by atoms with E-state index in [0.717, 1.165) is 25.3 Å². The summed E-state index contributed by atoms with van der Waals surface area (Å²) >= 11 is 0. The highest BCUT2D eigenvalue weighted by molar-refractivity contribution is 5.77. The minimum atomic E-state index is 0.494. The van der Waals surface area contributed by atoms with Gasteiger partial charge in [0.05, 0.1) is 0 Å². The van der Waals surface area contributed by atoms with E-state index >= 15 is 0 Å². The molecule has 23 heavy (non-hydrogen) atoms. The van der Waals surface area contributed by atoms with Crippen molar-refractivity contribution in [2.45, 2.75) is 45.7 Å². The predicted molar refractivity (Wildman–Crippen MR) is 95.2 cm³/mol. The van der Waals surface area contributed by atoms with Crippen molar-refractivity contribution in [3.63, 3.8) is 0 Å². The van der Waals surface area contributed by atoms with E-state index in [4.69, 9.17) is 5.73 Å². The SMILES string of the molecule is CCCCCCNC(N)=NCc1nccn1Cc1ccccc1. The molecule has 0 aliphatic carbocycles. The summed E-state index contributed by atoms with van der Waals surface area (Å²) in [6.07, 6.45) is 8.67. The molecule has 0 saturated heterocycles. The Morgan fingerprint density at radius 2 is 2.04 bits per heavy atom. The molecule has 0 unspecified atom stereocenters. The van der Waals surface area contributed by atoms with E-state index in [1.807, 2.05) is 30.6 Å². The van der Waals surface area contributed by atoms with Crippen molar-refractivity contribution in [1.29, 1.82) is 0 Å². The lowest BCUT2D eigenvalue weighted by Gasteiger charge is -2.08. The van der Waals surface area contributed by atoms with E-state index in [-0.39, 0.29) is 0 Å². The topological polar surface area (TPSA) is 68.2 Å². The molecule has 0 aliphatic heterocycles. The van der Waals surface area contributed by atoms with Gasteiger partial charge in [0.2, 0.25) is 0 Å². The molecule has 0 atom stereocenters. The minimum Gasteiger partial charge on any atom is -0.370 e. The van der Waals surface area contributed by atoms with Crippen LogP contribution in [0.1, 0.15) is 44.0 Å². The van der Waals surface area contributed by atoms with Crippen molar-refractivity contribution >= 4 is 5.96 Å². The third-order valence-corrected chi connectivity index (χ3v) is 3.72. The molecule has 1 heterocycles. The fourth-order valence-corrected chi connectivity index (χ4v) is 2.40. The largest absolute Gasteiger partial charge is 0.370 e. The second kappa shape index (κ2) is 9.66. The summed E-state index contributed by atoms with van der Waals surface area (Å²) in [5, 5.41) is 3.16. The molecule has 1 aromatic heterocycles. The third-order valence-electron chi connectivity index (χ3n) is 3.72. The molecule has 3 N–H and O–H groups in total. The van der Waals surface area contributed by atoms with Gasteiger partial charge in [-0.25, -0.2) is 9.98 Å². The molecule has 124 valence electrons. The number of nitrogens with two attached hydrogens (primary N) is 1. The zero-order chi connectivity index (χ0) is 16.3. The highest BCUT2D eigenvalue weighted by Gasteiger charge is 2.03. The molecule has 0 fully saturated rings. The highest BCUT2D eigenvalue weighted by Crippen LogP contribution is 2.06. The van der Waals surface area contributed by atoms with Crippen LogP contribution >= 0.6 is 0 Å². The molecule has 0 radical (unpaired) electrons. The van der Waals surface area contributed by atoms with Crippen LogP contribution in [-0.4, -0.2) is 22.1 Å². The summed E-state index contributed by atoms with van der Waals surface area (Å²) in [6, 6.07) is 10.3. The summed E-state index contributed by atoms with van der Waals surface area (Å²) in [7, 11) is 0. The zero-order valence-corrected chi connectivity index (χ0v) is 13.9. The van der Waals surface area contributed by atoms with Gasteiger partial charge in [-0.15, -0.1) is 0 Å². The molecule has 0 bridgehead atoms. The summed E-state index contributed by atoms with van der Waals surface area (Å²) in [5.74, 6) is 1.42. The van der Waals surface area contributed by atoms with E-state index in [1.54, 1.807) is 0 Å².